The molecular formula is C10H14N6O. The Morgan fingerprint density at radius 1 is 1.53 bits per heavy atom. The lowest BCUT2D eigenvalue weighted by molar-refractivity contribution is 0.103. The van der Waals surface area contributed by atoms with Crippen LogP contribution in [0.25, 0.3) is 0 Å². The number of hydrogen-bond donors (Lipinski definition) is 1. The molecule has 0 amide bonds. The van der Waals surface area contributed by atoms with Gasteiger partial charge >= 0.3 is 0 Å². The van der Waals surface area contributed by atoms with Crippen LogP contribution in [0.4, 0.5) is 0 Å². The Labute approximate surface area is 99.3 Å². The number of hydrogen-bond acceptors (Lipinski definition) is 6. The predicted molar refractivity (Wildman–Crippen MR) is 61.8 cm³/mol. The average Bonchev–Trinajstić information content (AvgIpc) is 2.66. The third-order valence-electron chi connectivity index (χ3n) is 1.95. The molecule has 0 radical (unpaired) electrons. The second-order valence-electron chi connectivity index (χ2n) is 3.59. The van der Waals surface area contributed by atoms with Crippen LogP contribution in [0.2, 0.25) is 0 Å². The summed E-state index contributed by atoms with van der Waals surface area (Å²) < 4.78 is 0. The lowest BCUT2D eigenvalue weighted by Gasteiger charge is -2.04. The van der Waals surface area contributed by atoms with E-state index in [1.807, 2.05) is 6.07 Å². The third-order valence-corrected chi connectivity index (χ3v) is 1.95. The van der Waals surface area contributed by atoms with E-state index in [1.165, 1.54) is 11.1 Å². The molecule has 0 saturated heterocycles. The minimum Gasteiger partial charge on any atom is -0.382 e. The summed E-state index contributed by atoms with van der Waals surface area (Å²) in [5, 5.41) is 16.8. The minimum atomic E-state index is -0.430. The number of aromatic nitrogens is 3. The highest BCUT2D eigenvalue weighted by Gasteiger charge is 2.19. The highest BCUT2D eigenvalue weighted by Crippen LogP contribution is 2.08. The molecule has 0 aliphatic carbocycles. The van der Waals surface area contributed by atoms with Gasteiger partial charge in [-0.1, -0.05) is 4.91 Å². The van der Waals surface area contributed by atoms with Crippen LogP contribution in [0.1, 0.15) is 16.2 Å². The minimum absolute atomic E-state index is 0.0289. The maximum atomic E-state index is 12.0. The smallest absolute Gasteiger partial charge is 0.227 e. The van der Waals surface area contributed by atoms with E-state index in [0.717, 1.165) is 0 Å². The van der Waals surface area contributed by atoms with Gasteiger partial charge in [0.15, 0.2) is 5.69 Å². The standard InChI is InChI=1S/C10H14N6O/c1-7-9(14-16(12-2)13-7)10(17)8(5-11)6-15(3)4/h6,12H,1-4H3. The van der Waals surface area contributed by atoms with Crippen LogP contribution < -0.4 is 5.43 Å². The number of ketones is 1. The molecule has 0 aliphatic rings. The third kappa shape index (κ3) is 2.81. The van der Waals surface area contributed by atoms with Gasteiger partial charge in [0.05, 0.1) is 5.69 Å². The number of carbonyl (C=O) groups excluding carboxylic acids is 1. The molecule has 1 rings (SSSR count). The van der Waals surface area contributed by atoms with Crippen molar-refractivity contribution in [1.82, 2.24) is 20.0 Å². The fourth-order valence-electron chi connectivity index (χ4n) is 1.21. The first-order chi connectivity index (χ1) is 7.99. The summed E-state index contributed by atoms with van der Waals surface area (Å²) in [7, 11) is 5.11. The summed E-state index contributed by atoms with van der Waals surface area (Å²) in [6.07, 6.45) is 1.46. The normalized spacial score (nSPS) is 10.9. The SMILES string of the molecule is CNn1nc(C)c(C(=O)C(C#N)=CN(C)C)n1. The fourth-order valence-corrected chi connectivity index (χ4v) is 1.21. The first kappa shape index (κ1) is 12.7. The van der Waals surface area contributed by atoms with Crippen LogP contribution in [0, 0.1) is 18.3 Å². The van der Waals surface area contributed by atoms with Crippen molar-refractivity contribution >= 4 is 5.78 Å². The molecule has 7 heteroatoms. The molecule has 0 saturated carbocycles. The van der Waals surface area contributed by atoms with E-state index in [2.05, 4.69) is 15.6 Å². The molecule has 0 aliphatic heterocycles. The molecule has 7 nitrogen and oxygen atoms in total. The van der Waals surface area contributed by atoms with Crippen molar-refractivity contribution in [3.8, 4) is 6.07 Å². The van der Waals surface area contributed by atoms with Gasteiger partial charge in [0, 0.05) is 27.3 Å². The lowest BCUT2D eigenvalue weighted by Crippen LogP contribution is -2.14. The predicted octanol–water partition coefficient (Wildman–Crippen LogP) is -0.0884. The Morgan fingerprint density at radius 3 is 2.59 bits per heavy atom. The quantitative estimate of drug-likeness (QED) is 0.445. The van der Waals surface area contributed by atoms with Crippen molar-refractivity contribution in [2.75, 3.05) is 26.6 Å². The molecule has 0 spiro atoms. The number of nitrogens with zero attached hydrogens (tertiary/aromatic N) is 5. The van der Waals surface area contributed by atoms with Crippen molar-refractivity contribution < 1.29 is 4.79 Å². The molecule has 1 N–H and O–H groups in total. The highest BCUT2D eigenvalue weighted by molar-refractivity contribution is 6.10. The second kappa shape index (κ2) is 5.12. The first-order valence-corrected chi connectivity index (χ1v) is 4.94. The van der Waals surface area contributed by atoms with Crippen molar-refractivity contribution in [3.63, 3.8) is 0 Å². The molecule has 17 heavy (non-hydrogen) atoms. The average molecular weight is 234 g/mol. The maximum Gasteiger partial charge on any atom is 0.227 e. The monoisotopic (exact) mass is 234 g/mol. The Morgan fingerprint density at radius 2 is 2.18 bits per heavy atom. The maximum absolute atomic E-state index is 12.0. The Hall–Kier alpha value is -2.36. The molecule has 0 unspecified atom stereocenters. The van der Waals surface area contributed by atoms with E-state index in [9.17, 15) is 4.79 Å². The van der Waals surface area contributed by atoms with Crippen LogP contribution in [-0.2, 0) is 0 Å². The molecule has 0 aromatic carbocycles. The van der Waals surface area contributed by atoms with E-state index >= 15 is 0 Å². The lowest BCUT2D eigenvalue weighted by atomic mass is 10.1. The van der Waals surface area contributed by atoms with E-state index in [1.54, 1.807) is 33.0 Å². The van der Waals surface area contributed by atoms with Crippen LogP contribution >= 0.6 is 0 Å². The summed E-state index contributed by atoms with van der Waals surface area (Å²) >= 11 is 0. The fraction of sp³-hybridized carbons (Fsp3) is 0.400. The van der Waals surface area contributed by atoms with Crippen molar-refractivity contribution in [2.24, 2.45) is 0 Å². The molecule has 90 valence electrons. The molecule has 1 aromatic rings. The number of nitriles is 1. The second-order valence-corrected chi connectivity index (χ2v) is 3.59. The Bertz CT molecular complexity index is 493. The molecular weight excluding hydrogens is 220 g/mol. The number of Topliss-reactive ketones (excluding diaryl/α,β-unsaturated/α-hetero) is 1. The molecule has 1 heterocycles. The zero-order chi connectivity index (χ0) is 13.0. The number of rotatable bonds is 4. The number of nitrogens with one attached hydrogen (secondary N) is 1. The van der Waals surface area contributed by atoms with Gasteiger partial charge in [-0.05, 0) is 6.92 Å². The van der Waals surface area contributed by atoms with Crippen LogP contribution in [0.15, 0.2) is 11.8 Å². The summed E-state index contributed by atoms with van der Waals surface area (Å²) in [5.41, 5.74) is 3.35. The molecule has 0 fully saturated rings. The van der Waals surface area contributed by atoms with Crippen LogP contribution in [0.3, 0.4) is 0 Å². The Kier molecular flexibility index (Phi) is 3.82. The van der Waals surface area contributed by atoms with Gasteiger partial charge in [0.1, 0.15) is 11.6 Å². The largest absolute Gasteiger partial charge is 0.382 e. The number of allylic oxidation sites excluding steroid dienone is 1. The van der Waals surface area contributed by atoms with Gasteiger partial charge in [-0.3, -0.25) is 10.2 Å². The van der Waals surface area contributed by atoms with E-state index in [-0.39, 0.29) is 11.3 Å². The zero-order valence-corrected chi connectivity index (χ0v) is 10.2. The van der Waals surface area contributed by atoms with Gasteiger partial charge in [-0.15, -0.1) is 10.2 Å². The molecule has 0 atom stereocenters. The summed E-state index contributed by atoms with van der Waals surface area (Å²) in [5.74, 6) is -0.430. The molecule has 0 bridgehead atoms. The number of aryl methyl sites for hydroxylation is 1. The van der Waals surface area contributed by atoms with E-state index in [0.29, 0.717) is 5.69 Å². The van der Waals surface area contributed by atoms with Gasteiger partial charge < -0.3 is 4.90 Å². The van der Waals surface area contributed by atoms with Crippen LogP contribution in [0.5, 0.6) is 0 Å². The molecule has 1 aromatic heterocycles. The topological polar surface area (TPSA) is 86.8 Å². The summed E-state index contributed by atoms with van der Waals surface area (Å²) in [4.78, 5) is 14.8. The zero-order valence-electron chi connectivity index (χ0n) is 10.2. The van der Waals surface area contributed by atoms with Crippen molar-refractivity contribution in [1.29, 1.82) is 5.26 Å². The van der Waals surface area contributed by atoms with Crippen molar-refractivity contribution in [3.05, 3.63) is 23.2 Å². The van der Waals surface area contributed by atoms with Gasteiger partial charge in [-0.2, -0.15) is 5.26 Å². The van der Waals surface area contributed by atoms with E-state index < -0.39 is 5.78 Å². The van der Waals surface area contributed by atoms with E-state index in [4.69, 9.17) is 5.26 Å². The van der Waals surface area contributed by atoms with Gasteiger partial charge in [0.25, 0.3) is 0 Å². The van der Waals surface area contributed by atoms with Crippen LogP contribution in [-0.4, -0.2) is 46.9 Å². The highest BCUT2D eigenvalue weighted by atomic mass is 16.1. The van der Waals surface area contributed by atoms with Gasteiger partial charge in [-0.25, -0.2) is 0 Å². The summed E-state index contributed by atoms with van der Waals surface area (Å²) in [6, 6.07) is 1.86. The number of carbonyl (C=O) groups is 1. The van der Waals surface area contributed by atoms with Crippen molar-refractivity contribution in [2.45, 2.75) is 6.92 Å². The first-order valence-electron chi connectivity index (χ1n) is 4.94. The van der Waals surface area contributed by atoms with Gasteiger partial charge in [0.2, 0.25) is 5.78 Å². The summed E-state index contributed by atoms with van der Waals surface area (Å²) in [6.45, 7) is 1.67. The Balaban J connectivity index is 3.11.